The van der Waals surface area contributed by atoms with Crippen LogP contribution in [0.3, 0.4) is 0 Å². The highest BCUT2D eigenvalue weighted by Crippen LogP contribution is 2.20. The van der Waals surface area contributed by atoms with E-state index < -0.39 is 5.76 Å². The van der Waals surface area contributed by atoms with E-state index in [1.165, 1.54) is 4.68 Å². The summed E-state index contributed by atoms with van der Waals surface area (Å²) in [7, 11) is 1.57. The predicted molar refractivity (Wildman–Crippen MR) is 56.6 cm³/mol. The lowest BCUT2D eigenvalue weighted by molar-refractivity contribution is 0.505. The molecule has 2 rings (SSSR count). The van der Waals surface area contributed by atoms with Gasteiger partial charge >= 0.3 is 5.76 Å². The van der Waals surface area contributed by atoms with Crippen LogP contribution in [0.4, 0.5) is 0 Å². The van der Waals surface area contributed by atoms with Crippen molar-refractivity contribution in [3.8, 4) is 11.5 Å². The van der Waals surface area contributed by atoms with E-state index in [1.54, 1.807) is 7.05 Å². The second-order valence-corrected chi connectivity index (χ2v) is 3.31. The van der Waals surface area contributed by atoms with Crippen LogP contribution in [0.5, 0.6) is 0 Å². The molecule has 0 saturated heterocycles. The Morgan fingerprint density at radius 2 is 2.13 bits per heavy atom. The minimum Gasteiger partial charge on any atom is -0.388 e. The van der Waals surface area contributed by atoms with Crippen LogP contribution < -0.4 is 5.76 Å². The SMILES string of the molecule is CCc1ccccc1-c1nn(C)c(=O)o1. The molecule has 0 aliphatic heterocycles. The zero-order valence-electron chi connectivity index (χ0n) is 8.73. The van der Waals surface area contributed by atoms with Gasteiger partial charge in [-0.1, -0.05) is 25.1 Å². The number of aromatic nitrogens is 2. The lowest BCUT2D eigenvalue weighted by Gasteiger charge is -2.01. The normalized spacial score (nSPS) is 10.5. The van der Waals surface area contributed by atoms with Crippen LogP contribution in [0, 0.1) is 0 Å². The minimum atomic E-state index is -0.434. The second kappa shape index (κ2) is 3.73. The van der Waals surface area contributed by atoms with Gasteiger partial charge in [-0.15, -0.1) is 5.10 Å². The third kappa shape index (κ3) is 1.70. The van der Waals surface area contributed by atoms with E-state index in [4.69, 9.17) is 4.42 Å². The fraction of sp³-hybridized carbons (Fsp3) is 0.273. The molecule has 0 amide bonds. The Balaban J connectivity index is 2.58. The van der Waals surface area contributed by atoms with E-state index in [0.717, 1.165) is 17.5 Å². The number of rotatable bonds is 2. The highest BCUT2D eigenvalue weighted by Gasteiger charge is 2.10. The van der Waals surface area contributed by atoms with Crippen LogP contribution in [0.1, 0.15) is 12.5 Å². The molecule has 0 N–H and O–H groups in total. The van der Waals surface area contributed by atoms with Gasteiger partial charge in [0.15, 0.2) is 0 Å². The topological polar surface area (TPSA) is 48.0 Å². The molecule has 15 heavy (non-hydrogen) atoms. The number of hydrogen-bond donors (Lipinski definition) is 0. The Hall–Kier alpha value is -1.84. The third-order valence-electron chi connectivity index (χ3n) is 2.32. The number of aryl methyl sites for hydroxylation is 2. The lowest BCUT2D eigenvalue weighted by atomic mass is 10.1. The van der Waals surface area contributed by atoms with Crippen LogP contribution in [0.2, 0.25) is 0 Å². The summed E-state index contributed by atoms with van der Waals surface area (Å²) in [5.41, 5.74) is 2.01. The zero-order chi connectivity index (χ0) is 10.8. The van der Waals surface area contributed by atoms with Crippen LogP contribution in [0.25, 0.3) is 11.5 Å². The molecule has 0 aliphatic rings. The van der Waals surface area contributed by atoms with Gasteiger partial charge in [-0.25, -0.2) is 4.79 Å². The smallest absolute Gasteiger partial charge is 0.388 e. The molecule has 0 fully saturated rings. The molecule has 0 spiro atoms. The van der Waals surface area contributed by atoms with Crippen LogP contribution >= 0.6 is 0 Å². The van der Waals surface area contributed by atoms with Gasteiger partial charge in [-0.3, -0.25) is 0 Å². The van der Waals surface area contributed by atoms with E-state index in [1.807, 2.05) is 24.3 Å². The van der Waals surface area contributed by atoms with Gasteiger partial charge in [0.2, 0.25) is 5.89 Å². The maximum atomic E-state index is 11.1. The summed E-state index contributed by atoms with van der Waals surface area (Å²) < 4.78 is 6.24. The molecule has 1 aromatic heterocycles. The number of nitrogens with zero attached hydrogens (tertiary/aromatic N) is 2. The van der Waals surface area contributed by atoms with Gasteiger partial charge in [0.05, 0.1) is 0 Å². The molecule has 0 bridgehead atoms. The van der Waals surface area contributed by atoms with Crippen LogP contribution in [0.15, 0.2) is 33.5 Å². The van der Waals surface area contributed by atoms with Crippen LogP contribution in [-0.2, 0) is 13.5 Å². The van der Waals surface area contributed by atoms with Crippen molar-refractivity contribution in [2.24, 2.45) is 7.05 Å². The van der Waals surface area contributed by atoms with Gasteiger partial charge in [0.1, 0.15) is 0 Å². The van der Waals surface area contributed by atoms with Crippen molar-refractivity contribution < 1.29 is 4.42 Å². The van der Waals surface area contributed by atoms with Crippen molar-refractivity contribution in [3.63, 3.8) is 0 Å². The van der Waals surface area contributed by atoms with Crippen molar-refractivity contribution in [3.05, 3.63) is 40.4 Å². The number of hydrogen-bond acceptors (Lipinski definition) is 3. The lowest BCUT2D eigenvalue weighted by Crippen LogP contribution is -2.09. The highest BCUT2D eigenvalue weighted by atomic mass is 16.4. The molecule has 1 aromatic carbocycles. The fourth-order valence-corrected chi connectivity index (χ4v) is 1.49. The number of benzene rings is 1. The molecule has 0 radical (unpaired) electrons. The molecular weight excluding hydrogens is 192 g/mol. The summed E-state index contributed by atoms with van der Waals surface area (Å²) in [6.45, 7) is 2.06. The van der Waals surface area contributed by atoms with Crippen LogP contribution in [-0.4, -0.2) is 9.78 Å². The molecular formula is C11H12N2O2. The Kier molecular flexibility index (Phi) is 2.41. The van der Waals surface area contributed by atoms with Gasteiger partial charge in [0, 0.05) is 12.6 Å². The molecule has 0 saturated carbocycles. The first-order valence-electron chi connectivity index (χ1n) is 4.84. The molecule has 0 aliphatic carbocycles. The Bertz CT molecular complexity index is 525. The summed E-state index contributed by atoms with van der Waals surface area (Å²) in [5.74, 6) is -0.0455. The largest absolute Gasteiger partial charge is 0.437 e. The standard InChI is InChI=1S/C11H12N2O2/c1-3-8-6-4-5-7-9(8)10-12-13(2)11(14)15-10/h4-7H,3H2,1-2H3. The molecule has 2 aromatic rings. The summed E-state index contributed by atoms with van der Waals surface area (Å²) in [4.78, 5) is 11.1. The second-order valence-electron chi connectivity index (χ2n) is 3.31. The maximum absolute atomic E-state index is 11.1. The molecule has 4 nitrogen and oxygen atoms in total. The van der Waals surface area contributed by atoms with Gasteiger partial charge in [-0.05, 0) is 18.1 Å². The van der Waals surface area contributed by atoms with Gasteiger partial charge in [-0.2, -0.15) is 4.68 Å². The van der Waals surface area contributed by atoms with Gasteiger partial charge < -0.3 is 4.42 Å². The average Bonchev–Trinajstić information content (AvgIpc) is 2.59. The summed E-state index contributed by atoms with van der Waals surface area (Å²) in [5, 5.41) is 4.03. The summed E-state index contributed by atoms with van der Waals surface area (Å²) >= 11 is 0. The van der Waals surface area contributed by atoms with E-state index >= 15 is 0 Å². The first-order valence-corrected chi connectivity index (χ1v) is 4.84. The average molecular weight is 204 g/mol. The Morgan fingerprint density at radius 3 is 2.73 bits per heavy atom. The first kappa shape index (κ1) is 9.71. The minimum absolute atomic E-state index is 0.389. The molecule has 0 unspecified atom stereocenters. The van der Waals surface area contributed by atoms with E-state index in [9.17, 15) is 4.79 Å². The quantitative estimate of drug-likeness (QED) is 0.746. The van der Waals surface area contributed by atoms with Crippen molar-refractivity contribution in [2.45, 2.75) is 13.3 Å². The Labute approximate surface area is 87.2 Å². The predicted octanol–water partition coefficient (Wildman–Crippen LogP) is 1.60. The van der Waals surface area contributed by atoms with E-state index in [2.05, 4.69) is 12.0 Å². The highest BCUT2D eigenvalue weighted by molar-refractivity contribution is 5.57. The molecule has 4 heteroatoms. The first-order chi connectivity index (χ1) is 7.22. The zero-order valence-corrected chi connectivity index (χ0v) is 8.73. The summed E-state index contributed by atoms with van der Waals surface area (Å²) in [6, 6.07) is 7.78. The van der Waals surface area contributed by atoms with E-state index in [-0.39, 0.29) is 0 Å². The fourth-order valence-electron chi connectivity index (χ4n) is 1.49. The van der Waals surface area contributed by atoms with Crippen molar-refractivity contribution in [1.29, 1.82) is 0 Å². The monoisotopic (exact) mass is 204 g/mol. The molecule has 1 heterocycles. The van der Waals surface area contributed by atoms with E-state index in [0.29, 0.717) is 5.89 Å². The summed E-state index contributed by atoms with van der Waals surface area (Å²) in [6.07, 6.45) is 0.885. The molecule has 0 atom stereocenters. The van der Waals surface area contributed by atoms with Crippen molar-refractivity contribution in [2.75, 3.05) is 0 Å². The third-order valence-corrected chi connectivity index (χ3v) is 2.32. The maximum Gasteiger partial charge on any atom is 0.437 e. The van der Waals surface area contributed by atoms with Gasteiger partial charge in [0.25, 0.3) is 0 Å². The van der Waals surface area contributed by atoms with Crippen molar-refractivity contribution in [1.82, 2.24) is 9.78 Å². The van der Waals surface area contributed by atoms with Crippen molar-refractivity contribution >= 4 is 0 Å². The Morgan fingerprint density at radius 1 is 1.40 bits per heavy atom. The molecule has 78 valence electrons.